The van der Waals surface area contributed by atoms with Gasteiger partial charge in [0, 0.05) is 15.0 Å². The summed E-state index contributed by atoms with van der Waals surface area (Å²) >= 11 is 0. The van der Waals surface area contributed by atoms with Crippen molar-refractivity contribution in [3.8, 4) is 0 Å². The Morgan fingerprint density at radius 3 is 2.68 bits per heavy atom. The molecule has 1 aromatic carbocycles. The van der Waals surface area contributed by atoms with Crippen LogP contribution in [-0.2, 0) is 17.6 Å². The highest BCUT2D eigenvalue weighted by Gasteiger charge is 2.20. The van der Waals surface area contributed by atoms with Crippen molar-refractivity contribution < 1.29 is 7.54 Å². The molecule has 0 bridgehead atoms. The van der Waals surface area contributed by atoms with Crippen molar-refractivity contribution in [1.29, 1.82) is 0 Å². The van der Waals surface area contributed by atoms with Crippen molar-refractivity contribution in [2.24, 2.45) is 0 Å². The molecule has 1 aliphatic rings. The third-order valence-corrected chi connectivity index (χ3v) is 3.36. The Labute approximate surface area is 118 Å². The Morgan fingerprint density at radius 2 is 2.00 bits per heavy atom. The second-order valence-electron chi connectivity index (χ2n) is 5.01. The van der Waals surface area contributed by atoms with Gasteiger partial charge in [-0.05, 0) is 49.5 Å². The smallest absolute Gasteiger partial charge is 0.228 e. The van der Waals surface area contributed by atoms with Crippen LogP contribution in [-0.4, -0.2) is 30.4 Å². The molecule has 0 unspecified atom stereocenters. The van der Waals surface area contributed by atoms with Gasteiger partial charge < -0.3 is 10.2 Å². The summed E-state index contributed by atoms with van der Waals surface area (Å²) in [5.74, 6) is -0.0489. The van der Waals surface area contributed by atoms with E-state index in [1.165, 1.54) is 0 Å². The minimum absolute atomic E-state index is 0.0489. The molecule has 0 radical (unpaired) electrons. The number of anilines is 1. The number of benzene rings is 1. The van der Waals surface area contributed by atoms with E-state index in [1.54, 1.807) is 0 Å². The van der Waals surface area contributed by atoms with Crippen molar-refractivity contribution in [3.63, 3.8) is 0 Å². The molecule has 1 heterocycles. The molecular weight excluding hydrogens is 236 g/mol. The Bertz CT molecular complexity index is 511. The van der Waals surface area contributed by atoms with E-state index in [0.717, 1.165) is 37.2 Å². The quantitative estimate of drug-likeness (QED) is 0.819. The minimum atomic E-state index is -1.44. The Morgan fingerprint density at radius 1 is 1.26 bits per heavy atom. The highest BCUT2D eigenvalue weighted by Crippen LogP contribution is 2.26. The first-order chi connectivity index (χ1) is 9.97. The lowest BCUT2D eigenvalue weighted by molar-refractivity contribution is -0.115. The van der Waals surface area contributed by atoms with Gasteiger partial charge in [-0.1, -0.05) is 26.0 Å². The zero-order chi connectivity index (χ0) is 15.5. The molecule has 2 rings (SSSR count). The predicted molar refractivity (Wildman–Crippen MR) is 79.5 cm³/mol. The van der Waals surface area contributed by atoms with Gasteiger partial charge in [-0.3, -0.25) is 4.79 Å². The first-order valence-corrected chi connectivity index (χ1v) is 7.12. The lowest BCUT2D eigenvalue weighted by atomic mass is 10.0. The second kappa shape index (κ2) is 6.71. The van der Waals surface area contributed by atoms with E-state index in [2.05, 4.69) is 24.1 Å². The van der Waals surface area contributed by atoms with E-state index in [9.17, 15) is 4.79 Å². The van der Waals surface area contributed by atoms with Crippen LogP contribution in [0.5, 0.6) is 0 Å². The number of carbonyl (C=O) groups is 1. The Kier molecular flexibility index (Phi) is 4.05. The van der Waals surface area contributed by atoms with Crippen molar-refractivity contribution in [3.05, 3.63) is 29.3 Å². The fourth-order valence-corrected chi connectivity index (χ4v) is 2.51. The summed E-state index contributed by atoms with van der Waals surface area (Å²) in [5, 5.41) is 2.79. The van der Waals surface area contributed by atoms with Gasteiger partial charge in [-0.2, -0.15) is 0 Å². The van der Waals surface area contributed by atoms with E-state index < -0.39 is 6.37 Å². The highest BCUT2D eigenvalue weighted by atomic mass is 16.1. The first kappa shape index (κ1) is 11.5. The summed E-state index contributed by atoms with van der Waals surface area (Å²) < 4.78 is 16.9. The van der Waals surface area contributed by atoms with Gasteiger partial charge in [0.25, 0.3) is 0 Å². The predicted octanol–water partition coefficient (Wildman–Crippen LogP) is 2.85. The molecular formula is C16H24N2O. The number of amides is 1. The van der Waals surface area contributed by atoms with Gasteiger partial charge in [0.1, 0.15) is 0 Å². The molecule has 3 heteroatoms. The third kappa shape index (κ3) is 3.57. The lowest BCUT2D eigenvalue weighted by Gasteiger charge is -2.21. The molecule has 1 aromatic rings. The van der Waals surface area contributed by atoms with Gasteiger partial charge in [0.2, 0.25) is 5.91 Å². The first-order valence-electron chi connectivity index (χ1n) is 8.12. The summed E-state index contributed by atoms with van der Waals surface area (Å²) in [4.78, 5) is 13.7. The summed E-state index contributed by atoms with van der Waals surface area (Å²) in [6, 6.07) is 5.48. The number of hydrogen-bond donors (Lipinski definition) is 1. The van der Waals surface area contributed by atoms with Gasteiger partial charge in [-0.15, -0.1) is 0 Å². The van der Waals surface area contributed by atoms with Crippen LogP contribution < -0.4 is 5.32 Å². The largest absolute Gasteiger partial charge is 0.326 e. The summed E-state index contributed by atoms with van der Waals surface area (Å²) in [7, 11) is 0. The maximum absolute atomic E-state index is 11.6. The fourth-order valence-electron chi connectivity index (χ4n) is 2.51. The van der Waals surface area contributed by atoms with Crippen LogP contribution in [0.25, 0.3) is 0 Å². The molecule has 0 saturated carbocycles. The van der Waals surface area contributed by atoms with Crippen molar-refractivity contribution in [2.75, 3.05) is 25.0 Å². The normalized spacial score (nSPS) is 16.1. The maximum Gasteiger partial charge on any atom is 0.228 e. The number of nitrogens with zero attached hydrogens (tertiary/aromatic N) is 1. The summed E-state index contributed by atoms with van der Waals surface area (Å²) in [6.45, 7) is 6.40. The van der Waals surface area contributed by atoms with E-state index in [1.807, 2.05) is 18.2 Å². The monoisotopic (exact) mass is 262 g/mol. The van der Waals surface area contributed by atoms with Crippen LogP contribution in [0.1, 0.15) is 40.6 Å². The molecule has 1 N–H and O–H groups in total. The summed E-state index contributed by atoms with van der Waals surface area (Å²) in [6.07, 6.45) is 0.876. The van der Waals surface area contributed by atoms with Crippen LogP contribution in [0, 0.1) is 0 Å². The SMILES string of the molecule is [2H]C([2H])(CN(CCC)CCC)c1cccc2c1CC(=O)N2. The molecule has 104 valence electrons. The minimum Gasteiger partial charge on any atom is -0.326 e. The number of fused-ring (bicyclic) bond motifs is 1. The number of carbonyl (C=O) groups excluding carboxylic acids is 1. The van der Waals surface area contributed by atoms with Crippen molar-refractivity contribution in [1.82, 2.24) is 4.90 Å². The van der Waals surface area contributed by atoms with E-state index in [0.29, 0.717) is 12.1 Å². The van der Waals surface area contributed by atoms with Crippen LogP contribution in [0.4, 0.5) is 5.69 Å². The Hall–Kier alpha value is -1.35. The van der Waals surface area contributed by atoms with Gasteiger partial charge >= 0.3 is 0 Å². The number of nitrogens with one attached hydrogen (secondary N) is 1. The van der Waals surface area contributed by atoms with Crippen LogP contribution in [0.15, 0.2) is 18.2 Å². The van der Waals surface area contributed by atoms with E-state index in [-0.39, 0.29) is 12.3 Å². The maximum atomic E-state index is 11.6. The van der Waals surface area contributed by atoms with Crippen LogP contribution >= 0.6 is 0 Å². The van der Waals surface area contributed by atoms with Crippen LogP contribution in [0.2, 0.25) is 0 Å². The summed E-state index contributed by atoms with van der Waals surface area (Å²) in [5.41, 5.74) is 2.23. The molecule has 3 nitrogen and oxygen atoms in total. The van der Waals surface area contributed by atoms with Gasteiger partial charge in [0.15, 0.2) is 0 Å². The second-order valence-corrected chi connectivity index (χ2v) is 5.01. The van der Waals surface area contributed by atoms with Crippen molar-refractivity contribution in [2.45, 2.75) is 39.5 Å². The third-order valence-electron chi connectivity index (χ3n) is 3.36. The zero-order valence-electron chi connectivity index (χ0n) is 13.8. The number of hydrogen-bond acceptors (Lipinski definition) is 2. The fraction of sp³-hybridized carbons (Fsp3) is 0.562. The molecule has 1 aliphatic heterocycles. The standard InChI is InChI=1S/C16H24N2O/c1-3-9-18(10-4-2)11-8-13-6-5-7-15-14(13)12-16(19)17-15/h5-7H,3-4,8-12H2,1-2H3,(H,17,19)/i8D2. The van der Waals surface area contributed by atoms with Gasteiger partial charge in [-0.25, -0.2) is 0 Å². The molecule has 0 atom stereocenters. The topological polar surface area (TPSA) is 32.3 Å². The average Bonchev–Trinajstić information content (AvgIpc) is 2.78. The zero-order valence-corrected chi connectivity index (χ0v) is 11.8. The van der Waals surface area contributed by atoms with Gasteiger partial charge in [0.05, 0.1) is 6.42 Å². The molecule has 0 saturated heterocycles. The number of rotatable bonds is 7. The molecule has 1 amide bonds. The van der Waals surface area contributed by atoms with E-state index >= 15 is 0 Å². The highest BCUT2D eigenvalue weighted by molar-refractivity contribution is 5.99. The van der Waals surface area contributed by atoms with E-state index in [4.69, 9.17) is 2.74 Å². The molecule has 0 aliphatic carbocycles. The lowest BCUT2D eigenvalue weighted by Crippen LogP contribution is -2.28. The Balaban J connectivity index is 2.23. The molecule has 19 heavy (non-hydrogen) atoms. The molecule has 0 fully saturated rings. The average molecular weight is 262 g/mol. The molecule has 0 spiro atoms. The van der Waals surface area contributed by atoms with Crippen molar-refractivity contribution >= 4 is 11.6 Å². The van der Waals surface area contributed by atoms with Crippen LogP contribution in [0.3, 0.4) is 0 Å². The molecule has 0 aromatic heterocycles.